The lowest BCUT2D eigenvalue weighted by Crippen LogP contribution is -2.43. The first-order chi connectivity index (χ1) is 11.7. The molecule has 5 nitrogen and oxygen atoms in total. The molecule has 0 spiro atoms. The highest BCUT2D eigenvalue weighted by atomic mass is 127. The van der Waals surface area contributed by atoms with E-state index in [-0.39, 0.29) is 53.3 Å². The van der Waals surface area contributed by atoms with E-state index < -0.39 is 6.61 Å². The Labute approximate surface area is 179 Å². The summed E-state index contributed by atoms with van der Waals surface area (Å²) in [7, 11) is 0. The SMILES string of the molecule is CCNC(=NCc1cc(Cl)cc(Cl)c1OC(F)F)NCC(C)(C)CO.I. The number of hydrogen-bond acceptors (Lipinski definition) is 3. The summed E-state index contributed by atoms with van der Waals surface area (Å²) in [6, 6.07) is 2.82. The molecule has 0 atom stereocenters. The molecule has 0 saturated carbocycles. The Morgan fingerprint density at radius 1 is 1.31 bits per heavy atom. The van der Waals surface area contributed by atoms with Gasteiger partial charge in [0.15, 0.2) is 5.96 Å². The standard InChI is InChI=1S/C16H23Cl2F2N3O2.HI/c1-4-21-15(23-8-16(2,3)9-24)22-7-10-5-11(17)6-12(18)13(10)25-14(19)20;/h5-6,14,24H,4,7-9H2,1-3H3,(H2,21,22,23);1H. The van der Waals surface area contributed by atoms with Crippen molar-refractivity contribution >= 4 is 53.1 Å². The first-order valence-electron chi connectivity index (χ1n) is 7.74. The van der Waals surface area contributed by atoms with Gasteiger partial charge in [-0.25, -0.2) is 4.99 Å². The number of nitrogens with zero attached hydrogens (tertiary/aromatic N) is 1. The summed E-state index contributed by atoms with van der Waals surface area (Å²) < 4.78 is 29.7. The molecule has 0 amide bonds. The van der Waals surface area contributed by atoms with E-state index in [1.807, 2.05) is 20.8 Å². The van der Waals surface area contributed by atoms with Crippen molar-refractivity contribution in [1.82, 2.24) is 10.6 Å². The van der Waals surface area contributed by atoms with Crippen LogP contribution in [0.3, 0.4) is 0 Å². The van der Waals surface area contributed by atoms with Crippen LogP contribution in [-0.2, 0) is 6.54 Å². The third-order valence-corrected chi connectivity index (χ3v) is 3.71. The van der Waals surface area contributed by atoms with Crippen LogP contribution in [0, 0.1) is 5.41 Å². The highest BCUT2D eigenvalue weighted by Gasteiger charge is 2.18. The fraction of sp³-hybridized carbons (Fsp3) is 0.562. The number of benzene rings is 1. The fourth-order valence-electron chi connectivity index (χ4n) is 1.84. The second kappa shape index (κ2) is 12.0. The van der Waals surface area contributed by atoms with Crippen molar-refractivity contribution in [3.05, 3.63) is 27.7 Å². The van der Waals surface area contributed by atoms with Gasteiger partial charge in [0.05, 0.1) is 11.6 Å². The predicted octanol–water partition coefficient (Wildman–Crippen LogP) is 4.29. The smallest absolute Gasteiger partial charge is 0.387 e. The molecule has 3 N–H and O–H groups in total. The quantitative estimate of drug-likeness (QED) is 0.269. The molecule has 0 unspecified atom stereocenters. The topological polar surface area (TPSA) is 65.9 Å². The number of aliphatic hydroxyl groups is 1. The molecule has 0 aliphatic carbocycles. The minimum atomic E-state index is -3.00. The third-order valence-electron chi connectivity index (χ3n) is 3.21. The number of aliphatic hydroxyl groups excluding tert-OH is 1. The molecule has 0 fully saturated rings. The van der Waals surface area contributed by atoms with Crippen LogP contribution in [0.2, 0.25) is 10.0 Å². The summed E-state index contributed by atoms with van der Waals surface area (Å²) >= 11 is 11.9. The first-order valence-corrected chi connectivity index (χ1v) is 8.50. The largest absolute Gasteiger partial charge is 0.433 e. The normalized spacial score (nSPS) is 12.0. The van der Waals surface area contributed by atoms with E-state index in [1.54, 1.807) is 0 Å². The van der Waals surface area contributed by atoms with Crippen molar-refractivity contribution in [2.24, 2.45) is 10.4 Å². The first kappa shape index (κ1) is 25.4. The number of alkyl halides is 2. The zero-order valence-corrected chi connectivity index (χ0v) is 18.6. The number of aliphatic imine (C=N–C) groups is 1. The maximum Gasteiger partial charge on any atom is 0.387 e. The van der Waals surface area contributed by atoms with Crippen LogP contribution in [0.5, 0.6) is 5.75 Å². The minimum Gasteiger partial charge on any atom is -0.433 e. The molecule has 0 heterocycles. The number of nitrogens with one attached hydrogen (secondary N) is 2. The Balaban J connectivity index is 0.00000625. The second-order valence-corrected chi connectivity index (χ2v) is 6.97. The molecule has 0 aliphatic heterocycles. The molecular formula is C16H24Cl2F2IN3O2. The van der Waals surface area contributed by atoms with Crippen LogP contribution in [0.25, 0.3) is 0 Å². The Morgan fingerprint density at radius 2 is 1.96 bits per heavy atom. The summed E-state index contributed by atoms with van der Waals surface area (Å²) in [6.07, 6.45) is 0. The maximum absolute atomic E-state index is 12.6. The lowest BCUT2D eigenvalue weighted by molar-refractivity contribution is -0.0503. The van der Waals surface area contributed by atoms with Crippen molar-refractivity contribution in [1.29, 1.82) is 0 Å². The second-order valence-electron chi connectivity index (χ2n) is 6.13. The molecule has 0 aromatic heterocycles. The zero-order chi connectivity index (χ0) is 19.0. The van der Waals surface area contributed by atoms with Gasteiger partial charge in [-0.05, 0) is 19.1 Å². The van der Waals surface area contributed by atoms with Crippen LogP contribution in [-0.4, -0.2) is 37.4 Å². The van der Waals surface area contributed by atoms with Gasteiger partial charge < -0.3 is 20.5 Å². The summed E-state index contributed by atoms with van der Waals surface area (Å²) in [5.74, 6) is 0.333. The number of guanidine groups is 1. The Morgan fingerprint density at radius 3 is 2.50 bits per heavy atom. The highest BCUT2D eigenvalue weighted by Crippen LogP contribution is 2.34. The lowest BCUT2D eigenvalue weighted by Gasteiger charge is -2.23. The van der Waals surface area contributed by atoms with Gasteiger partial charge >= 0.3 is 6.61 Å². The van der Waals surface area contributed by atoms with E-state index in [9.17, 15) is 13.9 Å². The third kappa shape index (κ3) is 8.88. The van der Waals surface area contributed by atoms with Crippen molar-refractivity contribution in [2.75, 3.05) is 19.7 Å². The highest BCUT2D eigenvalue weighted by molar-refractivity contribution is 14.0. The van der Waals surface area contributed by atoms with Crippen LogP contribution >= 0.6 is 47.2 Å². The molecule has 0 saturated heterocycles. The lowest BCUT2D eigenvalue weighted by atomic mass is 9.95. The van der Waals surface area contributed by atoms with Gasteiger partial charge in [0.25, 0.3) is 0 Å². The average Bonchev–Trinajstić information content (AvgIpc) is 2.52. The number of rotatable bonds is 8. The molecule has 1 rings (SSSR count). The molecule has 0 aliphatic rings. The van der Waals surface area contributed by atoms with Crippen LogP contribution in [0.4, 0.5) is 8.78 Å². The van der Waals surface area contributed by atoms with Gasteiger partial charge in [-0.3, -0.25) is 0 Å². The maximum atomic E-state index is 12.6. The minimum absolute atomic E-state index is 0. The predicted molar refractivity (Wildman–Crippen MR) is 112 cm³/mol. The summed E-state index contributed by atoms with van der Waals surface area (Å²) in [6.45, 7) is 3.83. The van der Waals surface area contributed by atoms with Crippen LogP contribution < -0.4 is 15.4 Å². The van der Waals surface area contributed by atoms with E-state index in [1.165, 1.54) is 12.1 Å². The monoisotopic (exact) mass is 525 g/mol. The molecular weight excluding hydrogens is 502 g/mol. The van der Waals surface area contributed by atoms with Crippen LogP contribution in [0.15, 0.2) is 17.1 Å². The molecule has 150 valence electrons. The van der Waals surface area contributed by atoms with Crippen molar-refractivity contribution in [2.45, 2.75) is 33.9 Å². The Hall–Kier alpha value is -0.580. The molecule has 0 bridgehead atoms. The number of hydrogen-bond donors (Lipinski definition) is 3. The van der Waals surface area contributed by atoms with E-state index in [0.717, 1.165) is 0 Å². The molecule has 1 aromatic carbocycles. The number of ether oxygens (including phenoxy) is 1. The van der Waals surface area contributed by atoms with Crippen molar-refractivity contribution in [3.63, 3.8) is 0 Å². The van der Waals surface area contributed by atoms with E-state index in [0.29, 0.717) is 29.6 Å². The molecule has 0 radical (unpaired) electrons. The molecule has 1 aromatic rings. The van der Waals surface area contributed by atoms with Gasteiger partial charge in [0, 0.05) is 35.7 Å². The van der Waals surface area contributed by atoms with E-state index in [4.69, 9.17) is 23.2 Å². The van der Waals surface area contributed by atoms with Crippen molar-refractivity contribution in [3.8, 4) is 5.75 Å². The molecule has 10 heteroatoms. The fourth-order valence-corrected chi connectivity index (χ4v) is 2.42. The van der Waals surface area contributed by atoms with Crippen LogP contribution in [0.1, 0.15) is 26.3 Å². The Bertz CT molecular complexity index is 605. The Kier molecular flexibility index (Phi) is 11.7. The van der Waals surface area contributed by atoms with Gasteiger partial charge in [-0.1, -0.05) is 37.0 Å². The average molecular weight is 526 g/mol. The van der Waals surface area contributed by atoms with Gasteiger partial charge in [0.1, 0.15) is 5.75 Å². The van der Waals surface area contributed by atoms with E-state index in [2.05, 4.69) is 20.4 Å². The van der Waals surface area contributed by atoms with Gasteiger partial charge in [0.2, 0.25) is 0 Å². The van der Waals surface area contributed by atoms with E-state index >= 15 is 0 Å². The molecule has 26 heavy (non-hydrogen) atoms. The van der Waals surface area contributed by atoms with Gasteiger partial charge in [-0.2, -0.15) is 8.78 Å². The summed E-state index contributed by atoms with van der Waals surface area (Å²) in [4.78, 5) is 4.34. The summed E-state index contributed by atoms with van der Waals surface area (Å²) in [5, 5.41) is 15.7. The summed E-state index contributed by atoms with van der Waals surface area (Å²) in [5.41, 5.74) is 0.0101. The van der Waals surface area contributed by atoms with Gasteiger partial charge in [-0.15, -0.1) is 24.0 Å². The zero-order valence-electron chi connectivity index (χ0n) is 14.8. The number of halogens is 5. The van der Waals surface area contributed by atoms with Crippen molar-refractivity contribution < 1.29 is 18.6 Å².